The fraction of sp³-hybridized carbons (Fsp3) is 0.852. The van der Waals surface area contributed by atoms with Crippen LogP contribution in [0.5, 0.6) is 0 Å². The van der Waals surface area contributed by atoms with Crippen molar-refractivity contribution in [2.24, 2.45) is 0 Å². The zero-order valence-electron chi connectivity index (χ0n) is 41.7. The van der Waals surface area contributed by atoms with Crippen molar-refractivity contribution in [3.63, 3.8) is 0 Å². The number of nitrogens with one attached hydrogen (secondary N) is 1. The Balaban J connectivity index is 3.53. The van der Waals surface area contributed by atoms with Crippen LogP contribution in [0.3, 0.4) is 0 Å². The Morgan fingerprint density at radius 2 is 0.844 bits per heavy atom. The molecule has 0 aliphatic rings. The molecule has 0 rings (SSSR count). The summed E-state index contributed by atoms with van der Waals surface area (Å²) >= 11 is 0. The Labute approximate surface area is 394 Å². The number of aliphatic hydroxyl groups excluding tert-OH is 1. The summed E-state index contributed by atoms with van der Waals surface area (Å²) in [5.41, 5.74) is 0. The highest BCUT2D eigenvalue weighted by atomic mass is 31.2. The first-order valence-electron chi connectivity index (χ1n) is 27.0. The van der Waals surface area contributed by atoms with Crippen LogP contribution < -0.4 is 5.32 Å². The van der Waals surface area contributed by atoms with E-state index in [1.165, 1.54) is 186 Å². The van der Waals surface area contributed by atoms with Crippen molar-refractivity contribution in [3.05, 3.63) is 36.5 Å². The van der Waals surface area contributed by atoms with Gasteiger partial charge in [0.15, 0.2) is 0 Å². The van der Waals surface area contributed by atoms with E-state index in [2.05, 4.69) is 55.6 Å². The number of phosphoric ester groups is 1. The quantitative estimate of drug-likeness (QED) is 0.0238. The van der Waals surface area contributed by atoms with Crippen LogP contribution in [0.4, 0.5) is 0 Å². The van der Waals surface area contributed by atoms with E-state index < -0.39 is 26.5 Å². The summed E-state index contributed by atoms with van der Waals surface area (Å²) in [6.07, 6.45) is 59.4. The van der Waals surface area contributed by atoms with Crippen LogP contribution in [0.1, 0.15) is 264 Å². The minimum Gasteiger partial charge on any atom is -0.463 e. The number of ether oxygens (including phenoxy) is 1. The second-order valence-corrected chi connectivity index (χ2v) is 19.7. The largest absolute Gasteiger partial charge is 0.472 e. The number of hydrogen-bond donors (Lipinski definition) is 3. The average Bonchev–Trinajstić information content (AvgIpc) is 3.28. The number of amides is 1. The van der Waals surface area contributed by atoms with Gasteiger partial charge in [0.1, 0.15) is 12.7 Å². The number of carbonyl (C=O) groups excluding carboxylic acids is 2. The Morgan fingerprint density at radius 3 is 1.30 bits per heavy atom. The van der Waals surface area contributed by atoms with E-state index in [0.717, 1.165) is 51.4 Å². The highest BCUT2D eigenvalue weighted by molar-refractivity contribution is 7.47. The topological polar surface area (TPSA) is 131 Å². The van der Waals surface area contributed by atoms with Crippen LogP contribution in [0.2, 0.25) is 0 Å². The summed E-state index contributed by atoms with van der Waals surface area (Å²) in [5, 5.41) is 12.8. The predicted molar refractivity (Wildman–Crippen MR) is 271 cm³/mol. The van der Waals surface area contributed by atoms with E-state index in [1.54, 1.807) is 0 Å². The number of carbonyl (C=O) groups is 2. The third-order valence-electron chi connectivity index (χ3n) is 11.8. The minimum atomic E-state index is -4.42. The number of hydrogen-bond acceptors (Lipinski definition) is 7. The maximum absolute atomic E-state index is 12.2. The summed E-state index contributed by atoms with van der Waals surface area (Å²) in [6.45, 7) is 3.57. The van der Waals surface area contributed by atoms with Crippen LogP contribution >= 0.6 is 7.82 Å². The molecule has 0 spiro atoms. The monoisotopic (exact) mass is 924 g/mol. The third-order valence-corrected chi connectivity index (χ3v) is 12.8. The highest BCUT2D eigenvalue weighted by Gasteiger charge is 2.23. The number of rotatable bonds is 51. The summed E-state index contributed by atoms with van der Waals surface area (Å²) in [7, 11) is -4.42. The molecule has 64 heavy (non-hydrogen) atoms. The van der Waals surface area contributed by atoms with Gasteiger partial charge in [-0.3, -0.25) is 18.6 Å². The molecule has 0 aliphatic carbocycles. The first kappa shape index (κ1) is 62.2. The molecule has 2 atom stereocenters. The smallest absolute Gasteiger partial charge is 0.463 e. The van der Waals surface area contributed by atoms with Gasteiger partial charge in [0.25, 0.3) is 0 Å². The van der Waals surface area contributed by atoms with Crippen molar-refractivity contribution in [2.75, 3.05) is 26.4 Å². The second-order valence-electron chi connectivity index (χ2n) is 18.2. The molecule has 376 valence electrons. The van der Waals surface area contributed by atoms with Crippen molar-refractivity contribution >= 4 is 19.7 Å². The predicted octanol–water partition coefficient (Wildman–Crippen LogP) is 16.1. The molecule has 0 aromatic rings. The molecule has 0 saturated heterocycles. The van der Waals surface area contributed by atoms with E-state index in [-0.39, 0.29) is 32.1 Å². The molecule has 0 fully saturated rings. The lowest BCUT2D eigenvalue weighted by Crippen LogP contribution is -2.27. The number of allylic oxidation sites excluding steroid dienone is 6. The lowest BCUT2D eigenvalue weighted by molar-refractivity contribution is -0.147. The van der Waals surface area contributed by atoms with Gasteiger partial charge in [-0.15, -0.1) is 0 Å². The zero-order valence-corrected chi connectivity index (χ0v) is 42.6. The molecule has 1 amide bonds. The van der Waals surface area contributed by atoms with Crippen LogP contribution in [0, 0.1) is 0 Å². The SMILES string of the molecule is CCCCC/C=C\C/C=C\C/C=C\CCCCCCCCCCCCC(=O)NCCOP(=O)(O)OCC(O)COC(=O)CCCCCCCCCCCCCCCCCCCCCC. The van der Waals surface area contributed by atoms with E-state index in [9.17, 15) is 24.2 Å². The summed E-state index contributed by atoms with van der Waals surface area (Å²) in [4.78, 5) is 34.1. The molecule has 0 saturated carbocycles. The van der Waals surface area contributed by atoms with Gasteiger partial charge in [-0.25, -0.2) is 4.57 Å². The van der Waals surface area contributed by atoms with Gasteiger partial charge < -0.3 is 20.1 Å². The Hall–Kier alpha value is -1.77. The molecule has 0 aliphatic heterocycles. The maximum Gasteiger partial charge on any atom is 0.472 e. The fourth-order valence-corrected chi connectivity index (χ4v) is 8.50. The highest BCUT2D eigenvalue weighted by Crippen LogP contribution is 2.42. The van der Waals surface area contributed by atoms with E-state index in [0.29, 0.717) is 6.42 Å². The molecule has 0 radical (unpaired) electrons. The van der Waals surface area contributed by atoms with E-state index >= 15 is 0 Å². The number of esters is 1. The van der Waals surface area contributed by atoms with Crippen LogP contribution in [-0.2, 0) is 27.9 Å². The lowest BCUT2D eigenvalue weighted by atomic mass is 10.0. The Kier molecular flexibility index (Phi) is 49.2. The fourth-order valence-electron chi connectivity index (χ4n) is 7.74. The van der Waals surface area contributed by atoms with Gasteiger partial charge in [0.2, 0.25) is 5.91 Å². The molecular weight excluding hydrogens is 822 g/mol. The number of unbranched alkanes of at least 4 members (excludes halogenated alkanes) is 32. The summed E-state index contributed by atoms with van der Waals surface area (Å²) < 4.78 is 27.0. The van der Waals surface area contributed by atoms with Gasteiger partial charge in [0, 0.05) is 19.4 Å². The molecule has 0 heterocycles. The van der Waals surface area contributed by atoms with E-state index in [1.807, 2.05) is 0 Å². The van der Waals surface area contributed by atoms with Crippen LogP contribution in [0.15, 0.2) is 36.5 Å². The van der Waals surface area contributed by atoms with Gasteiger partial charge in [0.05, 0.1) is 13.2 Å². The van der Waals surface area contributed by atoms with Crippen molar-refractivity contribution in [3.8, 4) is 0 Å². The summed E-state index contributed by atoms with van der Waals surface area (Å²) in [5.74, 6) is -0.510. The average molecular weight is 924 g/mol. The molecule has 10 heteroatoms. The van der Waals surface area contributed by atoms with Crippen LogP contribution in [0.25, 0.3) is 0 Å². The van der Waals surface area contributed by atoms with Crippen molar-refractivity contribution in [2.45, 2.75) is 270 Å². The zero-order chi connectivity index (χ0) is 46.7. The standard InChI is InChI=1S/C54H102NO8P/c1-3-5-7-9-11-13-15-17-19-21-23-25-26-27-28-30-32-34-36-38-40-42-44-46-53(57)55-48-49-62-64(59,60)63-51-52(56)50-61-54(58)47-45-43-41-39-37-35-33-31-29-24-22-20-18-16-14-12-10-8-6-4-2/h11,13,17,19,23,25,52,56H,3-10,12,14-16,18,20-22,24,26-51H2,1-2H3,(H,55,57)(H,59,60)/b13-11-,19-17-,25-23-. The first-order valence-corrected chi connectivity index (χ1v) is 28.5. The molecule has 2 unspecified atom stereocenters. The normalized spacial score (nSPS) is 13.4. The number of aliphatic hydroxyl groups is 1. The van der Waals surface area contributed by atoms with Gasteiger partial charge >= 0.3 is 13.8 Å². The van der Waals surface area contributed by atoms with Gasteiger partial charge in [-0.1, -0.05) is 237 Å². The Morgan fingerprint density at radius 1 is 0.484 bits per heavy atom. The maximum atomic E-state index is 12.2. The molecule has 0 bridgehead atoms. The third kappa shape index (κ3) is 51.2. The van der Waals surface area contributed by atoms with Crippen molar-refractivity contribution in [1.29, 1.82) is 0 Å². The molecule has 3 N–H and O–H groups in total. The van der Waals surface area contributed by atoms with Gasteiger partial charge in [-0.2, -0.15) is 0 Å². The molecule has 0 aromatic carbocycles. The van der Waals surface area contributed by atoms with Crippen molar-refractivity contribution < 1.29 is 37.9 Å². The summed E-state index contributed by atoms with van der Waals surface area (Å²) in [6, 6.07) is 0. The number of phosphoric acid groups is 1. The van der Waals surface area contributed by atoms with Crippen LogP contribution in [-0.4, -0.2) is 54.3 Å². The van der Waals surface area contributed by atoms with E-state index in [4.69, 9.17) is 13.8 Å². The molecule has 0 aromatic heterocycles. The molecular formula is C54H102NO8P. The van der Waals surface area contributed by atoms with Crippen molar-refractivity contribution in [1.82, 2.24) is 5.32 Å². The molecule has 9 nitrogen and oxygen atoms in total. The second kappa shape index (κ2) is 50.6. The lowest BCUT2D eigenvalue weighted by Gasteiger charge is -2.15. The Bertz CT molecular complexity index is 1140. The van der Waals surface area contributed by atoms with Gasteiger partial charge in [-0.05, 0) is 51.4 Å². The minimum absolute atomic E-state index is 0.0808. The first-order chi connectivity index (χ1) is 31.3.